The van der Waals surface area contributed by atoms with Gasteiger partial charge in [-0.25, -0.2) is 9.13 Å². The van der Waals surface area contributed by atoms with Crippen LogP contribution in [0.3, 0.4) is 0 Å². The number of hydrogen-bond donors (Lipinski definition) is 3. The van der Waals surface area contributed by atoms with Gasteiger partial charge in [0, 0.05) is 19.3 Å². The molecule has 0 aromatic heterocycles. The monoisotopic (exact) mass is 1490 g/mol. The van der Waals surface area contributed by atoms with Crippen molar-refractivity contribution in [2.75, 3.05) is 39.6 Å². The summed E-state index contributed by atoms with van der Waals surface area (Å²) in [4.78, 5) is 72.9. The summed E-state index contributed by atoms with van der Waals surface area (Å²) in [6, 6.07) is 0. The van der Waals surface area contributed by atoms with E-state index in [4.69, 9.17) is 37.0 Å². The molecule has 19 heteroatoms. The van der Waals surface area contributed by atoms with Crippen LogP contribution in [0.4, 0.5) is 0 Å². The highest BCUT2D eigenvalue weighted by Gasteiger charge is 2.30. The molecule has 0 rings (SSSR count). The van der Waals surface area contributed by atoms with Crippen LogP contribution in [0.1, 0.15) is 272 Å². The van der Waals surface area contributed by atoms with Gasteiger partial charge in [0.05, 0.1) is 32.8 Å². The maximum atomic E-state index is 13.1. The van der Waals surface area contributed by atoms with Crippen LogP contribution >= 0.6 is 15.6 Å². The number of hydrogen-bond acceptors (Lipinski definition) is 15. The number of carbonyl (C=O) groups excluding carboxylic acids is 4. The van der Waals surface area contributed by atoms with Gasteiger partial charge in [-0.3, -0.25) is 37.3 Å². The van der Waals surface area contributed by atoms with Crippen molar-refractivity contribution in [2.45, 2.75) is 290 Å². The van der Waals surface area contributed by atoms with Crippen LogP contribution in [0.5, 0.6) is 0 Å². The molecule has 5 unspecified atom stereocenters. The molecule has 0 aromatic rings. The van der Waals surface area contributed by atoms with Crippen molar-refractivity contribution in [3.63, 3.8) is 0 Å². The maximum absolute atomic E-state index is 13.1. The van der Waals surface area contributed by atoms with Crippen LogP contribution in [0.25, 0.3) is 0 Å². The third-order valence-corrected chi connectivity index (χ3v) is 17.3. The molecule has 0 amide bonds. The van der Waals surface area contributed by atoms with Crippen molar-refractivity contribution in [3.8, 4) is 0 Å². The number of rotatable bonds is 71. The molecule has 0 spiro atoms. The minimum Gasteiger partial charge on any atom is -0.462 e. The van der Waals surface area contributed by atoms with E-state index in [1.807, 2.05) is 12.2 Å². The first kappa shape index (κ1) is 98.2. The Morgan fingerprint density at radius 1 is 0.288 bits per heavy atom. The predicted molar refractivity (Wildman–Crippen MR) is 426 cm³/mol. The first-order valence-corrected chi connectivity index (χ1v) is 42.0. The van der Waals surface area contributed by atoms with Gasteiger partial charge in [-0.15, -0.1) is 0 Å². The Morgan fingerprint density at radius 2 is 0.538 bits per heavy atom. The van der Waals surface area contributed by atoms with E-state index >= 15 is 0 Å². The molecule has 17 nitrogen and oxygen atoms in total. The zero-order chi connectivity index (χ0) is 76.0. The van der Waals surface area contributed by atoms with Crippen molar-refractivity contribution in [1.82, 2.24) is 0 Å². The molecule has 0 bridgehead atoms. The van der Waals surface area contributed by atoms with Gasteiger partial charge < -0.3 is 33.8 Å². The highest BCUT2D eigenvalue weighted by atomic mass is 31.2. The summed E-state index contributed by atoms with van der Waals surface area (Å²) < 4.78 is 68.3. The zero-order valence-electron chi connectivity index (χ0n) is 64.1. The second-order valence-corrected chi connectivity index (χ2v) is 28.1. The minimum absolute atomic E-state index is 0.0666. The Balaban J connectivity index is 5.51. The standard InChI is InChI=1S/C85H136O17P2/c1-5-9-13-17-21-25-29-33-37-38-39-40-44-46-50-54-58-62-66-70-83(88)96-76-81(102-85(90)72-68-64-60-56-52-48-43-36-32-28-24-20-16-12-8-4)78-100-104(93,94)98-74-79(86)73-97-103(91,92)99-77-80(101-84(89)71-67-63-59-55-51-47-42-35-31-27-23-19-15-11-7-3)75-95-82(87)69-65-61-57-53-49-45-41-34-30-26-22-18-14-10-6-2/h9-10,12-14,16,21-22,24-26,28,33-37,39-43,46,49-50,52-53,56,64,68,79-81,86H,5-8,11,15,17-20,23,27,29-32,38,44-45,47-48,51,54-55,57-63,65-67,69-78H2,1-4H3,(H,91,92)(H,93,94)/b13-9-,14-10-,16-12-,25-21-,26-22-,28-24-,37-33-,40-39-,41-34-,42-35-,43-36-,50-46-,53-49-,56-52-,68-64-. The highest BCUT2D eigenvalue weighted by Crippen LogP contribution is 2.45. The van der Waals surface area contributed by atoms with Gasteiger partial charge >= 0.3 is 39.5 Å². The number of allylic oxidation sites excluding steroid dienone is 29. The van der Waals surface area contributed by atoms with Crippen molar-refractivity contribution in [2.24, 2.45) is 0 Å². The normalized spacial score (nSPS) is 14.9. The number of aliphatic hydroxyl groups is 1. The number of phosphoric ester groups is 2. The predicted octanol–water partition coefficient (Wildman–Crippen LogP) is 22.8. The molecule has 588 valence electrons. The minimum atomic E-state index is -5.02. The summed E-state index contributed by atoms with van der Waals surface area (Å²) in [6.45, 7) is 4.29. The molecule has 0 saturated heterocycles. The molecule has 0 aliphatic carbocycles. The van der Waals surface area contributed by atoms with E-state index in [1.54, 1.807) is 12.2 Å². The Bertz CT molecular complexity index is 2690. The molecule has 0 saturated carbocycles. The summed E-state index contributed by atoms with van der Waals surface area (Å²) >= 11 is 0. The molecule has 5 atom stereocenters. The molecule has 3 N–H and O–H groups in total. The van der Waals surface area contributed by atoms with Gasteiger partial charge in [-0.1, -0.05) is 268 Å². The third kappa shape index (κ3) is 74.4. The van der Waals surface area contributed by atoms with E-state index in [9.17, 15) is 43.2 Å². The fraction of sp³-hybridized carbons (Fsp3) is 0.600. The van der Waals surface area contributed by atoms with Gasteiger partial charge in [-0.2, -0.15) is 0 Å². The smallest absolute Gasteiger partial charge is 0.462 e. The van der Waals surface area contributed by atoms with E-state index < -0.39 is 97.5 Å². The van der Waals surface area contributed by atoms with Gasteiger partial charge in [-0.05, 0) is 161 Å². The number of ether oxygens (including phenoxy) is 4. The lowest BCUT2D eigenvalue weighted by Gasteiger charge is -2.21. The highest BCUT2D eigenvalue weighted by molar-refractivity contribution is 7.47. The van der Waals surface area contributed by atoms with E-state index in [0.29, 0.717) is 25.7 Å². The largest absolute Gasteiger partial charge is 0.472 e. The third-order valence-electron chi connectivity index (χ3n) is 15.4. The quantitative estimate of drug-likeness (QED) is 0.0169. The van der Waals surface area contributed by atoms with Crippen molar-refractivity contribution in [3.05, 3.63) is 182 Å². The number of aliphatic hydroxyl groups excluding tert-OH is 1. The van der Waals surface area contributed by atoms with Gasteiger partial charge in [0.2, 0.25) is 0 Å². The summed E-state index contributed by atoms with van der Waals surface area (Å²) in [7, 11) is -10.0. The van der Waals surface area contributed by atoms with Crippen molar-refractivity contribution < 1.29 is 80.2 Å². The maximum Gasteiger partial charge on any atom is 0.472 e. The van der Waals surface area contributed by atoms with Gasteiger partial charge in [0.1, 0.15) is 19.3 Å². The van der Waals surface area contributed by atoms with Gasteiger partial charge in [0.25, 0.3) is 0 Å². The topological polar surface area (TPSA) is 237 Å². The lowest BCUT2D eigenvalue weighted by atomic mass is 10.1. The van der Waals surface area contributed by atoms with Crippen LogP contribution in [0.15, 0.2) is 182 Å². The van der Waals surface area contributed by atoms with Crippen molar-refractivity contribution >= 4 is 39.5 Å². The lowest BCUT2D eigenvalue weighted by Crippen LogP contribution is -2.30. The summed E-state index contributed by atoms with van der Waals surface area (Å²) in [5, 5.41) is 10.6. The molecular weight excluding hydrogens is 1350 g/mol. The van der Waals surface area contributed by atoms with Gasteiger partial charge in [0.15, 0.2) is 12.2 Å². The fourth-order valence-electron chi connectivity index (χ4n) is 9.54. The molecule has 0 heterocycles. The molecule has 0 fully saturated rings. The lowest BCUT2D eigenvalue weighted by molar-refractivity contribution is -0.161. The van der Waals surface area contributed by atoms with Crippen molar-refractivity contribution in [1.29, 1.82) is 0 Å². The zero-order valence-corrected chi connectivity index (χ0v) is 65.9. The first-order valence-electron chi connectivity index (χ1n) is 39.0. The summed E-state index contributed by atoms with van der Waals surface area (Å²) in [5.41, 5.74) is 0. The Kier molecular flexibility index (Phi) is 71.2. The van der Waals surface area contributed by atoms with Crippen LogP contribution < -0.4 is 0 Å². The molecular formula is C85H136O17P2. The first-order chi connectivity index (χ1) is 50.7. The van der Waals surface area contributed by atoms with Crippen LogP contribution in [0.2, 0.25) is 0 Å². The van der Waals surface area contributed by atoms with E-state index in [0.717, 1.165) is 154 Å². The Morgan fingerprint density at radius 3 is 0.894 bits per heavy atom. The average molecular weight is 1490 g/mol. The van der Waals surface area contributed by atoms with Crippen LogP contribution in [0, 0.1) is 0 Å². The van der Waals surface area contributed by atoms with E-state index in [-0.39, 0.29) is 25.7 Å². The Labute approximate surface area is 628 Å². The Hall–Kier alpha value is -5.84. The number of phosphoric acid groups is 2. The number of carbonyl (C=O) groups is 4. The summed E-state index contributed by atoms with van der Waals surface area (Å²) in [5.74, 6) is -2.44. The molecule has 104 heavy (non-hydrogen) atoms. The van der Waals surface area contributed by atoms with Crippen LogP contribution in [-0.4, -0.2) is 96.7 Å². The second kappa shape index (κ2) is 75.4. The average Bonchev–Trinajstić information content (AvgIpc) is 0.918. The fourth-order valence-corrected chi connectivity index (χ4v) is 11.1. The second-order valence-electron chi connectivity index (χ2n) is 25.2. The molecule has 0 aromatic carbocycles. The number of esters is 4. The molecule has 0 aliphatic heterocycles. The number of unbranched alkanes of at least 4 members (excludes halogenated alkanes) is 16. The molecule has 0 aliphatic rings. The summed E-state index contributed by atoms with van der Waals surface area (Å²) in [6.07, 6.45) is 90.6. The van der Waals surface area contributed by atoms with E-state index in [2.05, 4.69) is 186 Å². The van der Waals surface area contributed by atoms with E-state index in [1.165, 1.54) is 38.5 Å². The van der Waals surface area contributed by atoms with Crippen LogP contribution in [-0.2, 0) is 65.4 Å². The SMILES string of the molecule is CC/C=C\C/C=C\C/C=C\C/C=C\C/C=C\CCCCCC(=O)OCC(COP(=O)(O)OCC(O)COP(=O)(O)OCC(COC(=O)CCCC/C=C\C/C=C\C/C=C\C/C=C\CC)OC(=O)CCCCCCC/C=C\CCCCCCCC)OC(=O)C/C=C\C/C=C\C/C=C\C/C=C\C/C=C\CC. The molecule has 0 radical (unpaired) electrons.